The third-order valence-electron chi connectivity index (χ3n) is 4.58. The highest BCUT2D eigenvalue weighted by Gasteiger charge is 2.22. The smallest absolute Gasteiger partial charge is 0.110 e. The van der Waals surface area contributed by atoms with Gasteiger partial charge in [-0.3, -0.25) is 10.4 Å². The summed E-state index contributed by atoms with van der Waals surface area (Å²) in [4.78, 5) is 0. The number of nitrogens with zero attached hydrogens (tertiary/aromatic N) is 1. The summed E-state index contributed by atoms with van der Waals surface area (Å²) >= 11 is 0. The Kier molecular flexibility index (Phi) is 14.4. The van der Waals surface area contributed by atoms with Crippen molar-refractivity contribution in [1.29, 1.82) is 5.41 Å². The summed E-state index contributed by atoms with van der Waals surface area (Å²) in [5.41, 5.74) is 3.43. The van der Waals surface area contributed by atoms with Crippen LogP contribution in [0.4, 0.5) is 0 Å². The van der Waals surface area contributed by atoms with Crippen LogP contribution in [-0.2, 0) is 0 Å². The highest BCUT2D eigenvalue weighted by molar-refractivity contribution is 5.78. The second-order valence-corrected chi connectivity index (χ2v) is 8.10. The van der Waals surface area contributed by atoms with Gasteiger partial charge in [0.1, 0.15) is 5.84 Å². The zero-order chi connectivity index (χ0) is 18.3. The molecule has 0 unspecified atom stereocenters. The molecule has 0 rings (SSSR count). The zero-order valence-electron chi connectivity index (χ0n) is 17.3. The molecule has 0 aromatic carbocycles. The lowest BCUT2D eigenvalue weighted by molar-refractivity contribution is 0.160. The van der Waals surface area contributed by atoms with E-state index in [-0.39, 0.29) is 5.54 Å². The fourth-order valence-electron chi connectivity index (χ4n) is 3.05. The summed E-state index contributed by atoms with van der Waals surface area (Å²) in [6, 6.07) is 0. The molecular weight excluding hydrogens is 294 g/mol. The van der Waals surface area contributed by atoms with Crippen molar-refractivity contribution >= 4 is 5.84 Å². The summed E-state index contributed by atoms with van der Waals surface area (Å²) in [6.07, 6.45) is 17.4. The van der Waals surface area contributed by atoms with Gasteiger partial charge in [-0.05, 0) is 27.2 Å². The van der Waals surface area contributed by atoms with Gasteiger partial charge in [-0.15, -0.1) is 0 Å². The number of unbranched alkanes of at least 4 members (excludes halogenated alkanes) is 11. The van der Waals surface area contributed by atoms with Gasteiger partial charge in [0, 0.05) is 18.5 Å². The van der Waals surface area contributed by atoms with Gasteiger partial charge in [0.05, 0.1) is 0 Å². The molecule has 0 aliphatic heterocycles. The molecule has 24 heavy (non-hydrogen) atoms. The van der Waals surface area contributed by atoms with Crippen LogP contribution >= 0.6 is 0 Å². The maximum absolute atomic E-state index is 8.08. The van der Waals surface area contributed by atoms with E-state index in [2.05, 4.69) is 33.1 Å². The van der Waals surface area contributed by atoms with Crippen molar-refractivity contribution in [3.63, 3.8) is 0 Å². The van der Waals surface area contributed by atoms with Gasteiger partial charge >= 0.3 is 0 Å². The molecule has 0 aliphatic rings. The minimum absolute atomic E-state index is 0.0236. The molecule has 0 aromatic rings. The molecule has 0 bridgehead atoms. The molecule has 2 N–H and O–H groups in total. The van der Waals surface area contributed by atoms with Crippen molar-refractivity contribution in [1.82, 2.24) is 10.4 Å². The third-order valence-corrected chi connectivity index (χ3v) is 4.58. The van der Waals surface area contributed by atoms with Gasteiger partial charge in [0.2, 0.25) is 0 Å². The van der Waals surface area contributed by atoms with E-state index in [1.165, 1.54) is 77.0 Å². The summed E-state index contributed by atoms with van der Waals surface area (Å²) in [7, 11) is 0. The second kappa shape index (κ2) is 14.7. The van der Waals surface area contributed by atoms with E-state index in [0.29, 0.717) is 5.84 Å². The third kappa shape index (κ3) is 12.8. The van der Waals surface area contributed by atoms with Crippen molar-refractivity contribution in [2.75, 3.05) is 6.54 Å². The monoisotopic (exact) mass is 339 g/mol. The lowest BCUT2D eigenvalue weighted by Gasteiger charge is -2.37. The van der Waals surface area contributed by atoms with Crippen molar-refractivity contribution < 1.29 is 0 Å². The van der Waals surface area contributed by atoms with Gasteiger partial charge in [-0.25, -0.2) is 5.43 Å². The first-order valence-corrected chi connectivity index (χ1v) is 10.5. The van der Waals surface area contributed by atoms with Crippen LogP contribution in [0.25, 0.3) is 0 Å². The molecule has 0 atom stereocenters. The quantitative estimate of drug-likeness (QED) is 0.151. The Morgan fingerprint density at radius 1 is 0.750 bits per heavy atom. The summed E-state index contributed by atoms with van der Waals surface area (Å²) in [6.45, 7) is 11.8. The van der Waals surface area contributed by atoms with Crippen molar-refractivity contribution in [3.8, 4) is 0 Å². The molecule has 0 spiro atoms. The van der Waals surface area contributed by atoms with Gasteiger partial charge in [-0.2, -0.15) is 0 Å². The first kappa shape index (κ1) is 23.4. The minimum atomic E-state index is -0.0236. The normalized spacial score (nSPS) is 11.7. The van der Waals surface area contributed by atoms with E-state index < -0.39 is 0 Å². The molecule has 3 heteroatoms. The van der Waals surface area contributed by atoms with Gasteiger partial charge in [-0.1, -0.05) is 84.5 Å². The maximum Gasteiger partial charge on any atom is 0.110 e. The van der Waals surface area contributed by atoms with E-state index in [0.717, 1.165) is 13.0 Å². The zero-order valence-corrected chi connectivity index (χ0v) is 17.3. The van der Waals surface area contributed by atoms with Crippen LogP contribution < -0.4 is 5.43 Å². The highest BCUT2D eigenvalue weighted by atomic mass is 15.5. The molecule has 0 heterocycles. The first-order chi connectivity index (χ1) is 11.4. The topological polar surface area (TPSA) is 39.1 Å². The van der Waals surface area contributed by atoms with Gasteiger partial charge < -0.3 is 0 Å². The fourth-order valence-corrected chi connectivity index (χ4v) is 3.05. The van der Waals surface area contributed by atoms with E-state index in [1.807, 2.05) is 11.9 Å². The molecule has 3 nitrogen and oxygen atoms in total. The highest BCUT2D eigenvalue weighted by Crippen LogP contribution is 2.13. The van der Waals surface area contributed by atoms with Crippen molar-refractivity contribution in [2.24, 2.45) is 0 Å². The van der Waals surface area contributed by atoms with Crippen molar-refractivity contribution in [3.05, 3.63) is 0 Å². The molecule has 0 saturated heterocycles. The Bertz CT molecular complexity index is 294. The van der Waals surface area contributed by atoms with Gasteiger partial charge in [0.15, 0.2) is 0 Å². The average Bonchev–Trinajstić information content (AvgIpc) is 2.53. The number of hydrogen-bond acceptors (Lipinski definition) is 2. The number of amidine groups is 1. The van der Waals surface area contributed by atoms with Crippen LogP contribution in [0.5, 0.6) is 0 Å². The van der Waals surface area contributed by atoms with Crippen LogP contribution in [0.1, 0.15) is 118 Å². The Morgan fingerprint density at radius 2 is 1.17 bits per heavy atom. The second-order valence-electron chi connectivity index (χ2n) is 8.10. The van der Waals surface area contributed by atoms with Gasteiger partial charge in [0.25, 0.3) is 0 Å². The maximum atomic E-state index is 8.08. The Balaban J connectivity index is 3.48. The lowest BCUT2D eigenvalue weighted by atomic mass is 10.1. The molecule has 0 saturated carbocycles. The Hall–Kier alpha value is -0.570. The Morgan fingerprint density at radius 3 is 1.54 bits per heavy atom. The number of hydrogen-bond donors (Lipinski definition) is 2. The summed E-state index contributed by atoms with van der Waals surface area (Å²) < 4.78 is 0. The van der Waals surface area contributed by atoms with Crippen LogP contribution in [0.3, 0.4) is 0 Å². The SMILES string of the molecule is CCCCCCCCCCCCCCNN(C(=N)CC)C(C)(C)C. The van der Waals surface area contributed by atoms with E-state index >= 15 is 0 Å². The van der Waals surface area contributed by atoms with Crippen LogP contribution in [0, 0.1) is 5.41 Å². The first-order valence-electron chi connectivity index (χ1n) is 10.5. The minimum Gasteiger partial charge on any atom is -0.291 e. The number of hydrazine groups is 1. The lowest BCUT2D eigenvalue weighted by Crippen LogP contribution is -2.53. The average molecular weight is 340 g/mol. The van der Waals surface area contributed by atoms with Crippen molar-refractivity contribution in [2.45, 2.75) is 124 Å². The van der Waals surface area contributed by atoms with E-state index in [4.69, 9.17) is 5.41 Å². The largest absolute Gasteiger partial charge is 0.291 e. The standard InChI is InChI=1S/C21H45N3/c1-6-8-9-10-11-12-13-14-15-16-17-18-19-23-24(20(22)7-2)21(3,4)5/h22-23H,6-19H2,1-5H3. The molecule has 0 fully saturated rings. The molecule has 0 aliphatic carbocycles. The van der Waals surface area contributed by atoms with E-state index in [1.54, 1.807) is 0 Å². The fraction of sp³-hybridized carbons (Fsp3) is 0.952. The predicted octanol–water partition coefficient (Wildman–Crippen LogP) is 6.68. The number of rotatable bonds is 15. The molecule has 144 valence electrons. The predicted molar refractivity (Wildman–Crippen MR) is 109 cm³/mol. The molecule has 0 aromatic heterocycles. The van der Waals surface area contributed by atoms with Crippen LogP contribution in [0.2, 0.25) is 0 Å². The van der Waals surface area contributed by atoms with Crippen LogP contribution in [-0.4, -0.2) is 22.9 Å². The molecular formula is C21H45N3. The number of nitrogens with one attached hydrogen (secondary N) is 2. The Labute approximate surface area is 152 Å². The summed E-state index contributed by atoms with van der Waals surface area (Å²) in [5.74, 6) is 0.682. The summed E-state index contributed by atoms with van der Waals surface area (Å²) in [5, 5.41) is 10.1. The molecule has 0 radical (unpaired) electrons. The molecule has 0 amide bonds. The van der Waals surface area contributed by atoms with Crippen LogP contribution in [0.15, 0.2) is 0 Å². The van der Waals surface area contributed by atoms with E-state index in [9.17, 15) is 0 Å².